The van der Waals surface area contributed by atoms with Gasteiger partial charge in [0.2, 0.25) is 11.8 Å². The van der Waals surface area contributed by atoms with Crippen LogP contribution in [0.3, 0.4) is 0 Å². The summed E-state index contributed by atoms with van der Waals surface area (Å²) in [4.78, 5) is 25.4. The molecule has 29 heavy (non-hydrogen) atoms. The lowest BCUT2D eigenvalue weighted by molar-refractivity contribution is -0.155. The van der Waals surface area contributed by atoms with Crippen molar-refractivity contribution in [3.05, 3.63) is 65.5 Å². The maximum absolute atomic E-state index is 14.1. The summed E-state index contributed by atoms with van der Waals surface area (Å²) in [7, 11) is 1.43. The number of hydrogen-bond donors (Lipinski definition) is 2. The van der Waals surface area contributed by atoms with E-state index < -0.39 is 18.0 Å². The second-order valence-electron chi connectivity index (χ2n) is 6.74. The number of benzene rings is 2. The Bertz CT molecular complexity index is 858. The van der Waals surface area contributed by atoms with E-state index in [0.29, 0.717) is 16.8 Å². The summed E-state index contributed by atoms with van der Waals surface area (Å²) in [5.74, 6) is -1.01. The van der Waals surface area contributed by atoms with E-state index in [2.05, 4.69) is 5.32 Å². The molecule has 2 N–H and O–H groups in total. The van der Waals surface area contributed by atoms with Crippen LogP contribution >= 0.6 is 0 Å². The van der Waals surface area contributed by atoms with Gasteiger partial charge in [-0.3, -0.25) is 9.59 Å². The van der Waals surface area contributed by atoms with Gasteiger partial charge in [-0.2, -0.15) is 0 Å². The standard InChI is InChI=1S/C21H23FN2O5/c1-28-12-19(25)23-16-8-6-14(7-9-16)21(27)18-11-29-13-20(26)24(18)10-15-4-2-3-5-17(15)22/h2-9,18,21,27H,10-13H2,1H3,(H,23,25). The molecule has 0 aromatic heterocycles. The molecule has 1 fully saturated rings. The van der Waals surface area contributed by atoms with Gasteiger partial charge in [0.05, 0.1) is 12.6 Å². The largest absolute Gasteiger partial charge is 0.386 e. The van der Waals surface area contributed by atoms with Gasteiger partial charge in [0.25, 0.3) is 0 Å². The van der Waals surface area contributed by atoms with Crippen molar-refractivity contribution in [1.29, 1.82) is 0 Å². The molecule has 2 aromatic rings. The van der Waals surface area contributed by atoms with Crippen LogP contribution in [0.2, 0.25) is 0 Å². The van der Waals surface area contributed by atoms with Crippen LogP contribution in [-0.2, 0) is 25.6 Å². The maximum atomic E-state index is 14.1. The Morgan fingerprint density at radius 2 is 2.03 bits per heavy atom. The molecule has 8 heteroatoms. The van der Waals surface area contributed by atoms with E-state index in [4.69, 9.17) is 9.47 Å². The second-order valence-corrected chi connectivity index (χ2v) is 6.74. The quantitative estimate of drug-likeness (QED) is 0.738. The molecule has 0 radical (unpaired) electrons. The van der Waals surface area contributed by atoms with Gasteiger partial charge >= 0.3 is 0 Å². The number of nitrogens with zero attached hydrogens (tertiary/aromatic N) is 1. The highest BCUT2D eigenvalue weighted by Crippen LogP contribution is 2.27. The summed E-state index contributed by atoms with van der Waals surface area (Å²) >= 11 is 0. The first-order chi connectivity index (χ1) is 14.0. The van der Waals surface area contributed by atoms with Crippen LogP contribution in [0, 0.1) is 5.82 Å². The van der Waals surface area contributed by atoms with Crippen LogP contribution in [-0.4, -0.2) is 54.8 Å². The van der Waals surface area contributed by atoms with Gasteiger partial charge in [-0.05, 0) is 23.8 Å². The number of carbonyl (C=O) groups is 2. The molecule has 1 saturated heterocycles. The molecular weight excluding hydrogens is 379 g/mol. The number of anilines is 1. The smallest absolute Gasteiger partial charge is 0.250 e. The van der Waals surface area contributed by atoms with E-state index in [1.807, 2.05) is 0 Å². The minimum atomic E-state index is -1.03. The highest BCUT2D eigenvalue weighted by atomic mass is 19.1. The Morgan fingerprint density at radius 3 is 2.72 bits per heavy atom. The third kappa shape index (κ3) is 5.17. The molecule has 0 saturated carbocycles. The van der Waals surface area contributed by atoms with Gasteiger partial charge in [0, 0.05) is 24.9 Å². The first-order valence-electron chi connectivity index (χ1n) is 9.17. The number of methoxy groups -OCH3 is 1. The normalized spacial score (nSPS) is 17.8. The van der Waals surface area contributed by atoms with Crippen LogP contribution in [0.5, 0.6) is 0 Å². The molecule has 1 aliphatic heterocycles. The highest BCUT2D eigenvalue weighted by molar-refractivity contribution is 5.91. The lowest BCUT2D eigenvalue weighted by Gasteiger charge is -2.38. The van der Waals surface area contributed by atoms with Crippen molar-refractivity contribution in [2.45, 2.75) is 18.7 Å². The maximum Gasteiger partial charge on any atom is 0.250 e. The average Bonchev–Trinajstić information content (AvgIpc) is 2.71. The number of nitrogens with one attached hydrogen (secondary N) is 1. The molecule has 2 atom stereocenters. The molecule has 0 aliphatic carbocycles. The number of hydrogen-bond acceptors (Lipinski definition) is 5. The van der Waals surface area contributed by atoms with Crippen molar-refractivity contribution in [1.82, 2.24) is 4.90 Å². The van der Waals surface area contributed by atoms with Crippen molar-refractivity contribution in [3.63, 3.8) is 0 Å². The fourth-order valence-electron chi connectivity index (χ4n) is 3.22. The molecule has 1 heterocycles. The summed E-state index contributed by atoms with van der Waals surface area (Å²) in [6.45, 7) is 0.00842. The Labute approximate surface area is 168 Å². The van der Waals surface area contributed by atoms with Crippen molar-refractivity contribution in [3.8, 4) is 0 Å². The third-order valence-electron chi connectivity index (χ3n) is 4.71. The lowest BCUT2D eigenvalue weighted by Crippen LogP contribution is -2.51. The van der Waals surface area contributed by atoms with Gasteiger partial charge in [-0.15, -0.1) is 0 Å². The zero-order valence-electron chi connectivity index (χ0n) is 16.0. The number of aliphatic hydroxyl groups excluding tert-OH is 1. The van der Waals surface area contributed by atoms with Crippen LogP contribution in [0.4, 0.5) is 10.1 Å². The van der Waals surface area contributed by atoms with Gasteiger partial charge in [-0.25, -0.2) is 4.39 Å². The zero-order chi connectivity index (χ0) is 20.8. The summed E-state index contributed by atoms with van der Waals surface area (Å²) in [6.07, 6.45) is -1.03. The van der Waals surface area contributed by atoms with Crippen LogP contribution in [0.25, 0.3) is 0 Å². The number of rotatable bonds is 7. The minimum absolute atomic E-state index is 0.0434. The minimum Gasteiger partial charge on any atom is -0.386 e. The molecule has 2 amide bonds. The molecule has 7 nitrogen and oxygen atoms in total. The van der Waals surface area contributed by atoms with E-state index in [1.54, 1.807) is 42.5 Å². The van der Waals surface area contributed by atoms with E-state index in [0.717, 1.165) is 0 Å². The Balaban J connectivity index is 1.75. The number of aliphatic hydroxyl groups is 1. The van der Waals surface area contributed by atoms with E-state index in [9.17, 15) is 19.1 Å². The fourth-order valence-corrected chi connectivity index (χ4v) is 3.22. The topological polar surface area (TPSA) is 88.1 Å². The van der Waals surface area contributed by atoms with Gasteiger partial charge in [0.1, 0.15) is 25.1 Å². The predicted octanol–water partition coefficient (Wildman–Crippen LogP) is 1.87. The van der Waals surface area contributed by atoms with Gasteiger partial charge in [-0.1, -0.05) is 30.3 Å². The number of ether oxygens (including phenoxy) is 2. The number of carbonyl (C=O) groups excluding carboxylic acids is 2. The lowest BCUT2D eigenvalue weighted by atomic mass is 9.99. The number of halogens is 1. The van der Waals surface area contributed by atoms with Crippen LogP contribution in [0.15, 0.2) is 48.5 Å². The molecule has 0 bridgehead atoms. The molecule has 0 spiro atoms. The van der Waals surface area contributed by atoms with E-state index >= 15 is 0 Å². The molecule has 2 aromatic carbocycles. The highest BCUT2D eigenvalue weighted by Gasteiger charge is 2.35. The zero-order valence-corrected chi connectivity index (χ0v) is 16.0. The predicted molar refractivity (Wildman–Crippen MR) is 103 cm³/mol. The Hall–Kier alpha value is -2.81. The summed E-state index contributed by atoms with van der Waals surface area (Å²) < 4.78 is 24.1. The molecule has 1 aliphatic rings. The summed E-state index contributed by atoms with van der Waals surface area (Å²) in [6, 6.07) is 12.2. The van der Waals surface area contributed by atoms with Gasteiger partial charge < -0.3 is 24.8 Å². The molecule has 154 valence electrons. The second kappa shape index (κ2) is 9.60. The van der Waals surface area contributed by atoms with Crippen molar-refractivity contribution in [2.24, 2.45) is 0 Å². The first-order valence-corrected chi connectivity index (χ1v) is 9.17. The van der Waals surface area contributed by atoms with Crippen molar-refractivity contribution in [2.75, 3.05) is 32.2 Å². The van der Waals surface area contributed by atoms with Crippen molar-refractivity contribution < 1.29 is 28.6 Å². The van der Waals surface area contributed by atoms with E-state index in [1.165, 1.54) is 18.1 Å². The number of amides is 2. The Kier molecular flexibility index (Phi) is 6.92. The van der Waals surface area contributed by atoms with Crippen LogP contribution < -0.4 is 5.32 Å². The van der Waals surface area contributed by atoms with E-state index in [-0.39, 0.29) is 38.2 Å². The summed E-state index contributed by atoms with van der Waals surface area (Å²) in [5, 5.41) is 13.5. The van der Waals surface area contributed by atoms with Crippen molar-refractivity contribution >= 4 is 17.5 Å². The SMILES string of the molecule is COCC(=O)Nc1ccc(C(O)C2COCC(=O)N2Cc2ccccc2F)cc1. The third-order valence-corrected chi connectivity index (χ3v) is 4.71. The molecule has 2 unspecified atom stereocenters. The Morgan fingerprint density at radius 1 is 1.31 bits per heavy atom. The average molecular weight is 402 g/mol. The molecule has 3 rings (SSSR count). The fraction of sp³-hybridized carbons (Fsp3) is 0.333. The summed E-state index contributed by atoms with van der Waals surface area (Å²) in [5.41, 5.74) is 1.48. The monoisotopic (exact) mass is 402 g/mol. The first kappa shape index (κ1) is 20.9. The molecular formula is C21H23FN2O5. The van der Waals surface area contributed by atoms with Crippen LogP contribution in [0.1, 0.15) is 17.2 Å². The van der Waals surface area contributed by atoms with Gasteiger partial charge in [0.15, 0.2) is 0 Å². The number of morpholine rings is 1.